The van der Waals surface area contributed by atoms with Gasteiger partial charge in [0.25, 0.3) is 5.91 Å². The molecule has 3 aromatic heterocycles. The highest BCUT2D eigenvalue weighted by Crippen LogP contribution is 2.26. The Morgan fingerprint density at radius 2 is 1.91 bits per heavy atom. The van der Waals surface area contributed by atoms with Gasteiger partial charge in [-0.2, -0.15) is 5.10 Å². The molecule has 0 aliphatic carbocycles. The highest BCUT2D eigenvalue weighted by atomic mass is 16.5. The predicted octanol–water partition coefficient (Wildman–Crippen LogP) is 5.42. The third kappa shape index (κ3) is 4.49. The maximum atomic E-state index is 12.8. The van der Waals surface area contributed by atoms with Crippen LogP contribution in [-0.2, 0) is 0 Å². The van der Waals surface area contributed by atoms with Crippen molar-refractivity contribution < 1.29 is 9.32 Å². The molecule has 8 heteroatoms. The largest absolute Gasteiger partial charge is 0.360 e. The van der Waals surface area contributed by atoms with Gasteiger partial charge in [-0.25, -0.2) is 0 Å². The van der Waals surface area contributed by atoms with E-state index >= 15 is 0 Å². The van der Waals surface area contributed by atoms with Gasteiger partial charge in [0.2, 0.25) is 0 Å². The fraction of sp³-hybridized carbons (Fsp3) is 0.0400. The molecule has 3 heterocycles. The summed E-state index contributed by atoms with van der Waals surface area (Å²) in [6.45, 7) is 1.77. The molecule has 1 amide bonds. The Balaban J connectivity index is 1.37. The maximum absolute atomic E-state index is 12.8. The zero-order valence-corrected chi connectivity index (χ0v) is 17.7. The van der Waals surface area contributed by atoms with Crippen LogP contribution in [0.5, 0.6) is 0 Å². The number of hydrogen-bond donors (Lipinski definition) is 3. The Morgan fingerprint density at radius 1 is 1.03 bits per heavy atom. The van der Waals surface area contributed by atoms with Crippen LogP contribution in [0.1, 0.15) is 27.5 Å². The first-order valence-corrected chi connectivity index (χ1v) is 10.3. The quantitative estimate of drug-likeness (QED) is 0.328. The molecular formula is C25H20N6O2. The van der Waals surface area contributed by atoms with Crippen LogP contribution in [0.15, 0.2) is 77.4 Å². The molecule has 0 spiro atoms. The van der Waals surface area contributed by atoms with Crippen molar-refractivity contribution in [3.63, 3.8) is 0 Å². The van der Waals surface area contributed by atoms with Crippen molar-refractivity contribution in [2.24, 2.45) is 0 Å². The highest BCUT2D eigenvalue weighted by Gasteiger charge is 2.14. The molecule has 0 radical (unpaired) electrons. The number of para-hydroxylation sites is 1. The topological polar surface area (TPSA) is 109 Å². The monoisotopic (exact) mass is 436 g/mol. The maximum Gasteiger partial charge on any atom is 0.259 e. The van der Waals surface area contributed by atoms with Gasteiger partial charge < -0.3 is 15.2 Å². The summed E-state index contributed by atoms with van der Waals surface area (Å²) in [7, 11) is 0. The van der Waals surface area contributed by atoms with E-state index in [9.17, 15) is 4.79 Å². The van der Waals surface area contributed by atoms with E-state index in [2.05, 4.69) is 31.0 Å². The van der Waals surface area contributed by atoms with E-state index in [0.29, 0.717) is 22.8 Å². The van der Waals surface area contributed by atoms with Gasteiger partial charge in [-0.3, -0.25) is 14.9 Å². The average molecular weight is 436 g/mol. The van der Waals surface area contributed by atoms with Crippen LogP contribution < -0.4 is 10.6 Å². The molecule has 2 aromatic carbocycles. The number of hydrogen-bond acceptors (Lipinski definition) is 6. The first kappa shape index (κ1) is 20.2. The van der Waals surface area contributed by atoms with Crippen LogP contribution in [0.4, 0.5) is 17.2 Å². The fourth-order valence-corrected chi connectivity index (χ4v) is 3.44. The summed E-state index contributed by atoms with van der Waals surface area (Å²) in [5.41, 5.74) is 4.54. The molecule has 0 atom stereocenters. The number of carbonyl (C=O) groups is 1. The van der Waals surface area contributed by atoms with Crippen LogP contribution in [0.25, 0.3) is 23.1 Å². The molecular weight excluding hydrogens is 416 g/mol. The van der Waals surface area contributed by atoms with Crippen molar-refractivity contribution >= 4 is 46.2 Å². The molecule has 162 valence electrons. The van der Waals surface area contributed by atoms with Crippen molar-refractivity contribution in [2.45, 2.75) is 6.92 Å². The summed E-state index contributed by atoms with van der Waals surface area (Å²) in [5.74, 6) is 0.715. The van der Waals surface area contributed by atoms with Crippen LogP contribution in [0.2, 0.25) is 0 Å². The van der Waals surface area contributed by atoms with Crippen molar-refractivity contribution in [1.29, 1.82) is 0 Å². The van der Waals surface area contributed by atoms with E-state index in [4.69, 9.17) is 4.52 Å². The second-order valence-electron chi connectivity index (χ2n) is 7.40. The van der Waals surface area contributed by atoms with Crippen LogP contribution in [-0.4, -0.2) is 26.2 Å². The number of aromatic nitrogens is 4. The second-order valence-corrected chi connectivity index (χ2v) is 7.40. The Bertz CT molecular complexity index is 1450. The van der Waals surface area contributed by atoms with Gasteiger partial charge in [0.05, 0.1) is 28.2 Å². The average Bonchev–Trinajstić information content (AvgIpc) is 3.44. The molecule has 8 nitrogen and oxygen atoms in total. The molecule has 0 saturated carbocycles. The lowest BCUT2D eigenvalue weighted by atomic mass is 10.1. The lowest BCUT2D eigenvalue weighted by Gasteiger charge is -2.11. The van der Waals surface area contributed by atoms with Crippen LogP contribution in [0.3, 0.4) is 0 Å². The minimum atomic E-state index is -0.282. The number of pyridine rings is 1. The zero-order chi connectivity index (χ0) is 22.6. The molecule has 0 fully saturated rings. The first-order valence-electron chi connectivity index (χ1n) is 10.3. The Labute approximate surface area is 189 Å². The summed E-state index contributed by atoms with van der Waals surface area (Å²) in [6, 6.07) is 20.6. The third-order valence-electron chi connectivity index (χ3n) is 5.01. The lowest BCUT2D eigenvalue weighted by Crippen LogP contribution is -2.14. The number of aryl methyl sites for hydroxylation is 1. The molecule has 0 aliphatic rings. The standard InChI is InChI=1S/C25H20N6O2/c1-16-14-24(31-33-16)28-25(32)20-7-2-3-8-21(20)27-18-9-11-19-22(29-30-23(19)15-18)12-10-17-6-4-5-13-26-17/h2-15,27H,1H3,(H,29,30)(H,28,31,32)/b12-10+. The lowest BCUT2D eigenvalue weighted by molar-refractivity contribution is 0.102. The number of benzene rings is 2. The number of H-pyrrole nitrogens is 1. The number of anilines is 3. The Hall–Kier alpha value is -4.72. The molecule has 33 heavy (non-hydrogen) atoms. The molecule has 3 N–H and O–H groups in total. The van der Waals surface area contributed by atoms with Gasteiger partial charge in [-0.1, -0.05) is 23.4 Å². The number of carbonyl (C=O) groups excluding carboxylic acids is 1. The number of aromatic amines is 1. The van der Waals surface area contributed by atoms with Crippen molar-refractivity contribution in [1.82, 2.24) is 20.3 Å². The summed E-state index contributed by atoms with van der Waals surface area (Å²) in [5, 5.41) is 18.3. The van der Waals surface area contributed by atoms with E-state index < -0.39 is 0 Å². The Kier molecular flexibility index (Phi) is 5.38. The summed E-state index contributed by atoms with van der Waals surface area (Å²) in [6.07, 6.45) is 5.61. The van der Waals surface area contributed by atoms with E-state index in [1.165, 1.54) is 0 Å². The van der Waals surface area contributed by atoms with Crippen molar-refractivity contribution in [2.75, 3.05) is 10.6 Å². The molecule has 0 saturated heterocycles. The first-order chi connectivity index (χ1) is 16.2. The number of amides is 1. The smallest absolute Gasteiger partial charge is 0.259 e. The molecule has 5 rings (SSSR count). The molecule has 0 bridgehead atoms. The molecule has 0 unspecified atom stereocenters. The van der Waals surface area contributed by atoms with E-state index in [1.54, 1.807) is 25.3 Å². The van der Waals surface area contributed by atoms with Gasteiger partial charge in [-0.05, 0) is 61.5 Å². The number of fused-ring (bicyclic) bond motifs is 1. The molecule has 5 aromatic rings. The molecule has 0 aliphatic heterocycles. The number of rotatable bonds is 6. The van der Waals surface area contributed by atoms with Gasteiger partial charge in [0, 0.05) is 23.3 Å². The van der Waals surface area contributed by atoms with Crippen molar-refractivity contribution in [3.8, 4) is 0 Å². The van der Waals surface area contributed by atoms with Gasteiger partial charge in [0.1, 0.15) is 5.76 Å². The van der Waals surface area contributed by atoms with E-state index in [1.807, 2.05) is 66.7 Å². The number of nitrogens with one attached hydrogen (secondary N) is 3. The second kappa shape index (κ2) is 8.80. The van der Waals surface area contributed by atoms with Crippen molar-refractivity contribution in [3.05, 3.63) is 95.6 Å². The fourth-order valence-electron chi connectivity index (χ4n) is 3.44. The van der Waals surface area contributed by atoms with Crippen LogP contribution in [0, 0.1) is 6.92 Å². The third-order valence-corrected chi connectivity index (χ3v) is 5.01. The predicted molar refractivity (Wildman–Crippen MR) is 128 cm³/mol. The number of nitrogens with zero attached hydrogens (tertiary/aromatic N) is 3. The van der Waals surface area contributed by atoms with E-state index in [0.717, 1.165) is 28.0 Å². The SMILES string of the molecule is Cc1cc(NC(=O)c2ccccc2Nc2ccc3c(/C=C/c4ccccn4)n[nH]c3c2)no1. The van der Waals surface area contributed by atoms with Gasteiger partial charge in [0.15, 0.2) is 5.82 Å². The van der Waals surface area contributed by atoms with Crippen LogP contribution >= 0.6 is 0 Å². The minimum absolute atomic E-state index is 0.282. The Morgan fingerprint density at radius 3 is 2.73 bits per heavy atom. The highest BCUT2D eigenvalue weighted by molar-refractivity contribution is 6.08. The summed E-state index contributed by atoms with van der Waals surface area (Å²) < 4.78 is 5.01. The summed E-state index contributed by atoms with van der Waals surface area (Å²) >= 11 is 0. The van der Waals surface area contributed by atoms with E-state index in [-0.39, 0.29) is 5.91 Å². The minimum Gasteiger partial charge on any atom is -0.360 e. The van der Waals surface area contributed by atoms with Gasteiger partial charge >= 0.3 is 0 Å². The normalized spacial score (nSPS) is 11.2. The summed E-state index contributed by atoms with van der Waals surface area (Å²) in [4.78, 5) is 17.1. The zero-order valence-electron chi connectivity index (χ0n) is 17.7. The van der Waals surface area contributed by atoms with Gasteiger partial charge in [-0.15, -0.1) is 0 Å².